The average molecular weight is 308 g/mol. The van der Waals surface area contributed by atoms with Crippen LogP contribution in [0.3, 0.4) is 0 Å². The Morgan fingerprint density at radius 3 is 2.86 bits per heavy atom. The molecule has 1 saturated carbocycles. The fraction of sp³-hybridized carbons (Fsp3) is 0.533. The second-order valence-corrected chi connectivity index (χ2v) is 7.79. The molecule has 5 nitrogen and oxygen atoms in total. The number of nitrogens with zero attached hydrogens (tertiary/aromatic N) is 1. The van der Waals surface area contributed by atoms with Gasteiger partial charge in [-0.05, 0) is 30.9 Å². The van der Waals surface area contributed by atoms with Crippen LogP contribution in [0.25, 0.3) is 11.1 Å². The van der Waals surface area contributed by atoms with Crippen molar-refractivity contribution >= 4 is 26.6 Å². The van der Waals surface area contributed by atoms with Gasteiger partial charge in [0.2, 0.25) is 9.84 Å². The predicted octanol–water partition coefficient (Wildman–Crippen LogP) is 3.15. The van der Waals surface area contributed by atoms with E-state index in [-0.39, 0.29) is 16.4 Å². The number of nitrogens with two attached hydrogens (primary N) is 1. The molecule has 3 rings (SSSR count). The van der Waals surface area contributed by atoms with Crippen molar-refractivity contribution in [2.45, 2.75) is 49.5 Å². The van der Waals surface area contributed by atoms with Gasteiger partial charge in [-0.15, -0.1) is 0 Å². The van der Waals surface area contributed by atoms with Crippen molar-refractivity contribution in [3.05, 3.63) is 18.2 Å². The number of hydrogen-bond acceptors (Lipinski definition) is 5. The van der Waals surface area contributed by atoms with Crippen molar-refractivity contribution in [2.24, 2.45) is 5.92 Å². The molecule has 0 radical (unpaired) electrons. The molecule has 1 fully saturated rings. The largest absolute Gasteiger partial charge is 0.428 e. The number of oxazole rings is 1. The summed E-state index contributed by atoms with van der Waals surface area (Å²) in [6.45, 7) is 2.05. The van der Waals surface area contributed by atoms with Crippen LogP contribution in [-0.2, 0) is 9.84 Å². The third-order valence-electron chi connectivity index (χ3n) is 4.40. The van der Waals surface area contributed by atoms with E-state index in [4.69, 9.17) is 10.2 Å². The zero-order valence-corrected chi connectivity index (χ0v) is 12.9. The number of anilines is 1. The Kier molecular flexibility index (Phi) is 3.65. The van der Waals surface area contributed by atoms with Crippen LogP contribution < -0.4 is 5.73 Å². The second-order valence-electron chi connectivity index (χ2n) is 5.74. The summed E-state index contributed by atoms with van der Waals surface area (Å²) in [6, 6.07) is 4.99. The summed E-state index contributed by atoms with van der Waals surface area (Å²) in [4.78, 5) is 4.16. The number of benzene rings is 1. The summed E-state index contributed by atoms with van der Waals surface area (Å²) >= 11 is 0. The van der Waals surface area contributed by atoms with Gasteiger partial charge in [0.05, 0.1) is 5.25 Å². The topological polar surface area (TPSA) is 86.2 Å². The minimum atomic E-state index is -3.52. The van der Waals surface area contributed by atoms with Crippen LogP contribution >= 0.6 is 0 Å². The van der Waals surface area contributed by atoms with Crippen molar-refractivity contribution in [1.82, 2.24) is 4.98 Å². The Labute approximate surface area is 124 Å². The van der Waals surface area contributed by atoms with Crippen molar-refractivity contribution in [3.63, 3.8) is 0 Å². The first-order valence-corrected chi connectivity index (χ1v) is 8.97. The van der Waals surface area contributed by atoms with Crippen LogP contribution in [0.2, 0.25) is 0 Å². The van der Waals surface area contributed by atoms with Gasteiger partial charge in [-0.3, -0.25) is 0 Å². The summed E-state index contributed by atoms with van der Waals surface area (Å²) in [5, 5.41) is -0.532. The van der Waals surface area contributed by atoms with Crippen LogP contribution in [-0.4, -0.2) is 18.7 Å². The molecule has 0 spiro atoms. The first kappa shape index (κ1) is 14.4. The highest BCUT2D eigenvalue weighted by atomic mass is 32.2. The number of hydrogen-bond donors (Lipinski definition) is 1. The van der Waals surface area contributed by atoms with E-state index in [9.17, 15) is 8.42 Å². The van der Waals surface area contributed by atoms with Crippen molar-refractivity contribution < 1.29 is 12.8 Å². The third kappa shape index (κ3) is 2.52. The molecule has 0 bridgehead atoms. The number of fused-ring (bicyclic) bond motifs is 1. The molecule has 1 aliphatic carbocycles. The van der Waals surface area contributed by atoms with E-state index in [1.54, 1.807) is 18.2 Å². The SMILES string of the molecule is CCC1CCCCC1S(=O)(=O)c1nc2ccc(N)cc2o1. The van der Waals surface area contributed by atoms with E-state index in [0.717, 1.165) is 25.7 Å². The Balaban J connectivity index is 2.02. The molecular weight excluding hydrogens is 288 g/mol. The molecule has 0 aliphatic heterocycles. The maximum atomic E-state index is 12.8. The molecule has 114 valence electrons. The van der Waals surface area contributed by atoms with Gasteiger partial charge in [0.15, 0.2) is 5.58 Å². The van der Waals surface area contributed by atoms with Gasteiger partial charge in [0.1, 0.15) is 5.52 Å². The van der Waals surface area contributed by atoms with Crippen LogP contribution in [0.5, 0.6) is 0 Å². The first-order chi connectivity index (χ1) is 10.0. The van der Waals surface area contributed by atoms with E-state index >= 15 is 0 Å². The number of nitrogen functional groups attached to an aromatic ring is 1. The molecule has 0 amide bonds. The highest BCUT2D eigenvalue weighted by Crippen LogP contribution is 2.35. The van der Waals surface area contributed by atoms with Gasteiger partial charge in [-0.1, -0.05) is 26.2 Å². The van der Waals surface area contributed by atoms with Crippen molar-refractivity contribution in [2.75, 3.05) is 5.73 Å². The molecule has 2 unspecified atom stereocenters. The molecule has 2 aromatic rings. The van der Waals surface area contributed by atoms with Gasteiger partial charge in [-0.2, -0.15) is 4.98 Å². The normalized spacial score (nSPS) is 23.5. The van der Waals surface area contributed by atoms with Gasteiger partial charge < -0.3 is 10.2 Å². The molecule has 2 N–H and O–H groups in total. The minimum absolute atomic E-state index is 0.159. The molecular formula is C15H20N2O3S. The standard InChI is InChI=1S/C15H20N2O3S/c1-2-10-5-3-4-6-14(10)21(18,19)15-17-12-8-7-11(16)9-13(12)20-15/h7-10,14H,2-6,16H2,1H3. The lowest BCUT2D eigenvalue weighted by atomic mass is 9.87. The van der Waals surface area contributed by atoms with Crippen LogP contribution in [0.4, 0.5) is 5.69 Å². The molecule has 1 aliphatic rings. The van der Waals surface area contributed by atoms with E-state index in [1.165, 1.54) is 0 Å². The Morgan fingerprint density at radius 2 is 2.10 bits per heavy atom. The maximum absolute atomic E-state index is 12.8. The van der Waals surface area contributed by atoms with Crippen LogP contribution in [0.1, 0.15) is 39.0 Å². The number of aromatic nitrogens is 1. The van der Waals surface area contributed by atoms with Gasteiger partial charge in [-0.25, -0.2) is 8.42 Å². The van der Waals surface area contributed by atoms with Crippen LogP contribution in [0.15, 0.2) is 27.8 Å². The predicted molar refractivity (Wildman–Crippen MR) is 81.6 cm³/mol. The molecule has 1 aromatic carbocycles. The number of sulfone groups is 1. The van der Waals surface area contributed by atoms with E-state index in [0.29, 0.717) is 23.2 Å². The monoisotopic (exact) mass is 308 g/mol. The molecule has 21 heavy (non-hydrogen) atoms. The van der Waals surface area contributed by atoms with E-state index < -0.39 is 9.84 Å². The van der Waals surface area contributed by atoms with Crippen molar-refractivity contribution in [1.29, 1.82) is 0 Å². The Morgan fingerprint density at radius 1 is 1.33 bits per heavy atom. The summed E-state index contributed by atoms with van der Waals surface area (Å²) in [5.74, 6) is 0.198. The highest BCUT2D eigenvalue weighted by Gasteiger charge is 2.38. The van der Waals surface area contributed by atoms with Gasteiger partial charge in [0, 0.05) is 11.8 Å². The zero-order valence-electron chi connectivity index (χ0n) is 12.1. The molecule has 2 atom stereocenters. The first-order valence-electron chi connectivity index (χ1n) is 7.42. The Hall–Kier alpha value is -1.56. The maximum Gasteiger partial charge on any atom is 0.316 e. The lowest BCUT2D eigenvalue weighted by molar-refractivity contribution is 0.340. The highest BCUT2D eigenvalue weighted by molar-refractivity contribution is 7.91. The molecule has 1 heterocycles. The molecule has 1 aromatic heterocycles. The smallest absolute Gasteiger partial charge is 0.316 e. The lowest BCUT2D eigenvalue weighted by Gasteiger charge is -2.29. The minimum Gasteiger partial charge on any atom is -0.428 e. The molecule has 0 saturated heterocycles. The molecule has 6 heteroatoms. The lowest BCUT2D eigenvalue weighted by Crippen LogP contribution is -2.32. The van der Waals surface area contributed by atoms with Crippen molar-refractivity contribution in [3.8, 4) is 0 Å². The second kappa shape index (κ2) is 5.33. The van der Waals surface area contributed by atoms with E-state index in [2.05, 4.69) is 4.98 Å². The van der Waals surface area contributed by atoms with Gasteiger partial charge >= 0.3 is 5.22 Å². The zero-order chi connectivity index (χ0) is 15.0. The fourth-order valence-electron chi connectivity index (χ4n) is 3.22. The average Bonchev–Trinajstić information content (AvgIpc) is 2.91. The third-order valence-corrected chi connectivity index (χ3v) is 6.48. The summed E-state index contributed by atoms with van der Waals surface area (Å²) < 4.78 is 31.1. The summed E-state index contributed by atoms with van der Waals surface area (Å²) in [5.41, 5.74) is 7.19. The van der Waals surface area contributed by atoms with E-state index in [1.807, 2.05) is 6.92 Å². The summed E-state index contributed by atoms with van der Waals surface area (Å²) in [6.07, 6.45) is 4.59. The quantitative estimate of drug-likeness (QED) is 0.880. The van der Waals surface area contributed by atoms with Crippen LogP contribution in [0, 0.1) is 5.92 Å². The fourth-order valence-corrected chi connectivity index (χ4v) is 5.22. The summed E-state index contributed by atoms with van der Waals surface area (Å²) in [7, 11) is -3.52. The Bertz CT molecular complexity index is 751. The van der Waals surface area contributed by atoms with Gasteiger partial charge in [0.25, 0.3) is 0 Å². The number of rotatable bonds is 3.